The number of nitrogens with zero attached hydrogens (tertiary/aromatic N) is 1. The number of morpholine rings is 1. The highest BCUT2D eigenvalue weighted by Crippen LogP contribution is 2.11. The summed E-state index contributed by atoms with van der Waals surface area (Å²) < 4.78 is 5.32. The molecule has 2 rings (SSSR count). The van der Waals surface area contributed by atoms with Gasteiger partial charge in [0.25, 0.3) is 5.91 Å². The number of nitrogens with one attached hydrogen (secondary N) is 2. The first-order chi connectivity index (χ1) is 11.5. The van der Waals surface area contributed by atoms with Crippen LogP contribution in [0.5, 0.6) is 0 Å². The molecule has 132 valence electrons. The number of hydrogen-bond acceptors (Lipinski definition) is 5. The van der Waals surface area contributed by atoms with Crippen molar-refractivity contribution in [2.75, 3.05) is 44.7 Å². The third-order valence-corrected chi connectivity index (χ3v) is 3.93. The number of aliphatic carboxylic acids is 1. The van der Waals surface area contributed by atoms with Gasteiger partial charge in [0.05, 0.1) is 13.2 Å². The first kappa shape index (κ1) is 18.2. The fourth-order valence-corrected chi connectivity index (χ4v) is 2.53. The Bertz CT molecular complexity index is 559. The second kappa shape index (κ2) is 9.24. The summed E-state index contributed by atoms with van der Waals surface area (Å²) in [6.45, 7) is 6.18. The van der Waals surface area contributed by atoms with Crippen molar-refractivity contribution in [2.24, 2.45) is 0 Å². The van der Waals surface area contributed by atoms with Crippen LogP contribution in [0.2, 0.25) is 0 Å². The predicted octanol–water partition coefficient (Wildman–Crippen LogP) is 1.02. The summed E-state index contributed by atoms with van der Waals surface area (Å²) in [7, 11) is 0. The first-order valence-corrected chi connectivity index (χ1v) is 8.21. The Hall–Kier alpha value is -2.12. The zero-order valence-electron chi connectivity index (χ0n) is 14.0. The van der Waals surface area contributed by atoms with Crippen molar-refractivity contribution >= 4 is 17.6 Å². The van der Waals surface area contributed by atoms with E-state index >= 15 is 0 Å². The lowest BCUT2D eigenvalue weighted by Crippen LogP contribution is -2.40. The number of carboxylic acid groups (broad SMARTS) is 1. The molecule has 0 saturated carbocycles. The molecule has 0 radical (unpaired) electrons. The molecule has 1 amide bonds. The third-order valence-electron chi connectivity index (χ3n) is 3.93. The first-order valence-electron chi connectivity index (χ1n) is 8.21. The standard InChI is InChI=1S/C17H25N3O4/c1-13(5-6-20-7-9-24-10-8-20)19-17(23)14-3-2-4-15(11-14)18-12-16(21)22/h2-4,11,13,18H,5-10,12H2,1H3,(H,19,23)(H,21,22)/t13-/m1/s1. The SMILES string of the molecule is C[C@H](CCN1CCOCC1)NC(=O)c1cccc(NCC(=O)O)c1. The molecule has 1 saturated heterocycles. The summed E-state index contributed by atoms with van der Waals surface area (Å²) in [6.07, 6.45) is 0.878. The van der Waals surface area contributed by atoms with Crippen LogP contribution in [0.25, 0.3) is 0 Å². The van der Waals surface area contributed by atoms with E-state index in [1.165, 1.54) is 0 Å². The second-order valence-corrected chi connectivity index (χ2v) is 5.95. The molecule has 1 fully saturated rings. The number of benzene rings is 1. The zero-order chi connectivity index (χ0) is 17.4. The summed E-state index contributed by atoms with van der Waals surface area (Å²) in [5.41, 5.74) is 1.13. The van der Waals surface area contributed by atoms with Gasteiger partial charge in [0, 0.05) is 36.9 Å². The summed E-state index contributed by atoms with van der Waals surface area (Å²) in [5.74, 6) is -1.09. The Morgan fingerprint density at radius 3 is 2.79 bits per heavy atom. The number of rotatable bonds is 8. The van der Waals surface area contributed by atoms with E-state index in [2.05, 4.69) is 15.5 Å². The molecular formula is C17H25N3O4. The molecule has 0 spiro atoms. The van der Waals surface area contributed by atoms with E-state index in [1.807, 2.05) is 6.92 Å². The number of carbonyl (C=O) groups excluding carboxylic acids is 1. The number of carboxylic acids is 1. The van der Waals surface area contributed by atoms with Gasteiger partial charge in [-0.05, 0) is 31.5 Å². The number of hydrogen-bond donors (Lipinski definition) is 3. The van der Waals surface area contributed by atoms with Crippen LogP contribution >= 0.6 is 0 Å². The van der Waals surface area contributed by atoms with Gasteiger partial charge in [0.15, 0.2) is 0 Å². The van der Waals surface area contributed by atoms with Crippen LogP contribution in [0.4, 0.5) is 5.69 Å². The van der Waals surface area contributed by atoms with Crippen molar-refractivity contribution in [3.8, 4) is 0 Å². The van der Waals surface area contributed by atoms with E-state index < -0.39 is 5.97 Å². The van der Waals surface area contributed by atoms with Gasteiger partial charge in [-0.25, -0.2) is 0 Å². The van der Waals surface area contributed by atoms with Crippen LogP contribution in [0, 0.1) is 0 Å². The number of anilines is 1. The minimum absolute atomic E-state index is 0.0657. The minimum atomic E-state index is -0.943. The predicted molar refractivity (Wildman–Crippen MR) is 91.4 cm³/mol. The van der Waals surface area contributed by atoms with E-state index in [0.29, 0.717) is 11.3 Å². The highest BCUT2D eigenvalue weighted by Gasteiger charge is 2.14. The maximum Gasteiger partial charge on any atom is 0.322 e. The smallest absolute Gasteiger partial charge is 0.322 e. The molecule has 0 bridgehead atoms. The highest BCUT2D eigenvalue weighted by atomic mass is 16.5. The molecule has 0 aromatic heterocycles. The fourth-order valence-electron chi connectivity index (χ4n) is 2.53. The molecule has 7 nitrogen and oxygen atoms in total. The molecule has 24 heavy (non-hydrogen) atoms. The van der Waals surface area contributed by atoms with E-state index in [0.717, 1.165) is 39.3 Å². The Morgan fingerprint density at radius 2 is 2.08 bits per heavy atom. The lowest BCUT2D eigenvalue weighted by molar-refractivity contribution is -0.134. The third kappa shape index (κ3) is 6.17. The van der Waals surface area contributed by atoms with Crippen molar-refractivity contribution in [3.05, 3.63) is 29.8 Å². The Kier molecular flexibility index (Phi) is 7.02. The lowest BCUT2D eigenvalue weighted by atomic mass is 10.1. The van der Waals surface area contributed by atoms with Crippen LogP contribution in [0.15, 0.2) is 24.3 Å². The molecule has 1 heterocycles. The Balaban J connectivity index is 1.80. The summed E-state index contributed by atoms with van der Waals surface area (Å²) in [5, 5.41) is 14.4. The maximum absolute atomic E-state index is 12.3. The normalized spacial score (nSPS) is 16.4. The van der Waals surface area contributed by atoms with Crippen LogP contribution in [0.1, 0.15) is 23.7 Å². The monoisotopic (exact) mass is 335 g/mol. The molecule has 1 atom stereocenters. The molecule has 0 aliphatic carbocycles. The van der Waals surface area contributed by atoms with Gasteiger partial charge in [-0.15, -0.1) is 0 Å². The molecule has 7 heteroatoms. The minimum Gasteiger partial charge on any atom is -0.480 e. The molecule has 1 aromatic carbocycles. The van der Waals surface area contributed by atoms with Gasteiger partial charge in [-0.2, -0.15) is 0 Å². The molecule has 1 aromatic rings. The zero-order valence-corrected chi connectivity index (χ0v) is 14.0. The Labute approximate surface area is 142 Å². The van der Waals surface area contributed by atoms with E-state index in [1.54, 1.807) is 24.3 Å². The molecular weight excluding hydrogens is 310 g/mol. The van der Waals surface area contributed by atoms with Crippen molar-refractivity contribution in [1.82, 2.24) is 10.2 Å². The molecule has 1 aliphatic rings. The second-order valence-electron chi connectivity index (χ2n) is 5.95. The van der Waals surface area contributed by atoms with Crippen LogP contribution in [0.3, 0.4) is 0 Å². The average molecular weight is 335 g/mol. The maximum atomic E-state index is 12.3. The molecule has 1 aliphatic heterocycles. The van der Waals surface area contributed by atoms with E-state index in [9.17, 15) is 9.59 Å². The van der Waals surface area contributed by atoms with Gasteiger partial charge in [-0.3, -0.25) is 14.5 Å². The molecule has 3 N–H and O–H groups in total. The van der Waals surface area contributed by atoms with Crippen LogP contribution in [-0.2, 0) is 9.53 Å². The van der Waals surface area contributed by atoms with Gasteiger partial charge in [0.1, 0.15) is 6.54 Å². The fraction of sp³-hybridized carbons (Fsp3) is 0.529. The van der Waals surface area contributed by atoms with E-state index in [4.69, 9.17) is 9.84 Å². The van der Waals surface area contributed by atoms with Gasteiger partial charge in [-0.1, -0.05) is 6.07 Å². The largest absolute Gasteiger partial charge is 0.480 e. The van der Waals surface area contributed by atoms with Crippen molar-refractivity contribution in [2.45, 2.75) is 19.4 Å². The van der Waals surface area contributed by atoms with Crippen LogP contribution < -0.4 is 10.6 Å². The number of amides is 1. The summed E-state index contributed by atoms with van der Waals surface area (Å²) >= 11 is 0. The topological polar surface area (TPSA) is 90.9 Å². The highest BCUT2D eigenvalue weighted by molar-refractivity contribution is 5.95. The number of ether oxygens (including phenoxy) is 1. The van der Waals surface area contributed by atoms with Crippen LogP contribution in [-0.4, -0.2) is 67.3 Å². The summed E-state index contributed by atoms with van der Waals surface area (Å²) in [4.78, 5) is 25.2. The lowest BCUT2D eigenvalue weighted by Gasteiger charge is -2.27. The van der Waals surface area contributed by atoms with Gasteiger partial charge in [0.2, 0.25) is 0 Å². The van der Waals surface area contributed by atoms with E-state index in [-0.39, 0.29) is 18.5 Å². The average Bonchev–Trinajstić information content (AvgIpc) is 2.59. The van der Waals surface area contributed by atoms with Gasteiger partial charge >= 0.3 is 5.97 Å². The summed E-state index contributed by atoms with van der Waals surface area (Å²) in [6, 6.07) is 6.91. The quantitative estimate of drug-likeness (QED) is 0.657. The van der Waals surface area contributed by atoms with Crippen molar-refractivity contribution in [3.63, 3.8) is 0 Å². The van der Waals surface area contributed by atoms with Gasteiger partial charge < -0.3 is 20.5 Å². The van der Waals surface area contributed by atoms with Crippen molar-refractivity contribution < 1.29 is 19.4 Å². The number of carbonyl (C=O) groups is 2. The molecule has 0 unspecified atom stereocenters. The van der Waals surface area contributed by atoms with Crippen molar-refractivity contribution in [1.29, 1.82) is 0 Å². The Morgan fingerprint density at radius 1 is 1.33 bits per heavy atom.